The van der Waals surface area contributed by atoms with Crippen LogP contribution in [0.2, 0.25) is 0 Å². The highest BCUT2D eigenvalue weighted by molar-refractivity contribution is 5.79. The van der Waals surface area contributed by atoms with Gasteiger partial charge in [0.05, 0.1) is 11.0 Å². The van der Waals surface area contributed by atoms with E-state index in [-0.39, 0.29) is 5.95 Å². The Morgan fingerprint density at radius 3 is 2.44 bits per heavy atom. The summed E-state index contributed by atoms with van der Waals surface area (Å²) in [5, 5.41) is 6.84. The lowest BCUT2D eigenvalue weighted by Gasteiger charge is -2.32. The Balaban J connectivity index is 1.23. The molecule has 8 nitrogen and oxygen atoms in total. The first kappa shape index (κ1) is 20.3. The van der Waals surface area contributed by atoms with Gasteiger partial charge in [-0.3, -0.25) is 4.90 Å². The number of rotatable bonds is 6. The molecule has 32 heavy (non-hydrogen) atoms. The molecule has 0 spiro atoms. The predicted molar refractivity (Wildman–Crippen MR) is 129 cm³/mol. The van der Waals surface area contributed by atoms with E-state index < -0.39 is 0 Å². The number of benzene rings is 2. The van der Waals surface area contributed by atoms with Crippen molar-refractivity contribution in [1.29, 1.82) is 0 Å². The lowest BCUT2D eigenvalue weighted by molar-refractivity contribution is 0.211. The number of nitrogens with two attached hydrogens (primary N) is 1. The number of hydrogen-bond donors (Lipinski definition) is 3. The number of fused-ring (bicyclic) bond motifs is 1. The first-order valence-electron chi connectivity index (χ1n) is 11.0. The van der Waals surface area contributed by atoms with Crippen LogP contribution in [0.4, 0.5) is 23.5 Å². The Labute approximate surface area is 187 Å². The zero-order valence-corrected chi connectivity index (χ0v) is 18.2. The van der Waals surface area contributed by atoms with Gasteiger partial charge in [-0.2, -0.15) is 9.97 Å². The number of piperidine rings is 1. The molecule has 4 aromatic rings. The van der Waals surface area contributed by atoms with Crippen molar-refractivity contribution in [3.05, 3.63) is 66.2 Å². The SMILES string of the molecule is Cn1c(Nc2cc(NC3CCN(Cc4ccccc4)CC3)nc(N)n2)nc2ccccc21. The molecule has 1 fully saturated rings. The summed E-state index contributed by atoms with van der Waals surface area (Å²) in [5.41, 5.74) is 9.35. The van der Waals surface area contributed by atoms with Crippen LogP contribution in [0, 0.1) is 0 Å². The lowest BCUT2D eigenvalue weighted by atomic mass is 10.0. The summed E-state index contributed by atoms with van der Waals surface area (Å²) < 4.78 is 2.00. The standard InChI is InChI=1S/C24H28N8/c1-31-20-10-6-5-9-19(20)27-24(31)30-22-15-21(28-23(25)29-22)26-18-11-13-32(14-12-18)16-17-7-3-2-4-8-17/h2-10,15,18H,11-14,16H2,1H3,(H4,25,26,27,28,29,30). The van der Waals surface area contributed by atoms with E-state index in [0.29, 0.717) is 17.8 Å². The highest BCUT2D eigenvalue weighted by Crippen LogP contribution is 2.23. The molecule has 5 rings (SSSR count). The Morgan fingerprint density at radius 1 is 0.938 bits per heavy atom. The second kappa shape index (κ2) is 8.84. The van der Waals surface area contributed by atoms with Crippen molar-refractivity contribution in [2.75, 3.05) is 29.5 Å². The Kier molecular flexibility index (Phi) is 5.60. The minimum absolute atomic E-state index is 0.234. The molecule has 0 amide bonds. The van der Waals surface area contributed by atoms with Crippen LogP contribution in [0.25, 0.3) is 11.0 Å². The third kappa shape index (κ3) is 4.50. The average molecular weight is 429 g/mol. The zero-order chi connectivity index (χ0) is 21.9. The van der Waals surface area contributed by atoms with Crippen molar-refractivity contribution in [1.82, 2.24) is 24.4 Å². The maximum absolute atomic E-state index is 6.00. The quantitative estimate of drug-likeness (QED) is 0.430. The van der Waals surface area contributed by atoms with Crippen molar-refractivity contribution in [3.8, 4) is 0 Å². The van der Waals surface area contributed by atoms with Crippen LogP contribution in [0.3, 0.4) is 0 Å². The average Bonchev–Trinajstić information content (AvgIpc) is 3.11. The van der Waals surface area contributed by atoms with Crippen LogP contribution < -0.4 is 16.4 Å². The largest absolute Gasteiger partial charge is 0.368 e. The van der Waals surface area contributed by atoms with Gasteiger partial charge >= 0.3 is 0 Å². The summed E-state index contributed by atoms with van der Waals surface area (Å²) in [7, 11) is 1.98. The van der Waals surface area contributed by atoms with Gasteiger partial charge in [0.25, 0.3) is 0 Å². The molecule has 0 atom stereocenters. The van der Waals surface area contributed by atoms with E-state index in [9.17, 15) is 0 Å². The lowest BCUT2D eigenvalue weighted by Crippen LogP contribution is -2.38. The topological polar surface area (TPSA) is 96.9 Å². The second-order valence-electron chi connectivity index (χ2n) is 8.29. The fraction of sp³-hybridized carbons (Fsp3) is 0.292. The van der Waals surface area contributed by atoms with Gasteiger partial charge in [0.15, 0.2) is 0 Å². The molecule has 1 aliphatic rings. The molecule has 2 aromatic carbocycles. The van der Waals surface area contributed by atoms with Gasteiger partial charge in [-0.05, 0) is 30.5 Å². The second-order valence-corrected chi connectivity index (χ2v) is 8.29. The number of nitrogens with zero attached hydrogens (tertiary/aromatic N) is 5. The van der Waals surface area contributed by atoms with Crippen LogP contribution in [-0.2, 0) is 13.6 Å². The zero-order valence-electron chi connectivity index (χ0n) is 18.2. The Morgan fingerprint density at radius 2 is 1.66 bits per heavy atom. The third-order valence-electron chi connectivity index (χ3n) is 5.96. The van der Waals surface area contributed by atoms with E-state index in [4.69, 9.17) is 5.73 Å². The summed E-state index contributed by atoms with van der Waals surface area (Å²) in [4.78, 5) is 15.9. The normalized spacial score (nSPS) is 15.2. The number of nitrogens with one attached hydrogen (secondary N) is 2. The fourth-order valence-electron chi connectivity index (χ4n) is 4.26. The molecule has 0 bridgehead atoms. The number of nitrogen functional groups attached to an aromatic ring is 1. The third-order valence-corrected chi connectivity index (χ3v) is 5.96. The number of aromatic nitrogens is 4. The van der Waals surface area contributed by atoms with Gasteiger partial charge < -0.3 is 20.9 Å². The molecule has 1 aliphatic heterocycles. The maximum Gasteiger partial charge on any atom is 0.223 e. The summed E-state index contributed by atoms with van der Waals surface area (Å²) in [5.74, 6) is 2.31. The maximum atomic E-state index is 6.00. The van der Waals surface area contributed by atoms with E-state index in [2.05, 4.69) is 60.8 Å². The smallest absolute Gasteiger partial charge is 0.223 e. The number of anilines is 4. The van der Waals surface area contributed by atoms with E-state index in [0.717, 1.165) is 49.3 Å². The molecule has 1 saturated heterocycles. The van der Waals surface area contributed by atoms with Crippen molar-refractivity contribution in [3.63, 3.8) is 0 Å². The first-order valence-corrected chi connectivity index (χ1v) is 11.0. The molecule has 3 heterocycles. The molecule has 0 radical (unpaired) electrons. The van der Waals surface area contributed by atoms with E-state index in [1.807, 2.05) is 41.9 Å². The molecular formula is C24H28N8. The van der Waals surface area contributed by atoms with Crippen LogP contribution in [-0.4, -0.2) is 43.6 Å². The first-order chi connectivity index (χ1) is 15.6. The molecule has 0 unspecified atom stereocenters. The van der Waals surface area contributed by atoms with Crippen LogP contribution >= 0.6 is 0 Å². The van der Waals surface area contributed by atoms with Crippen molar-refractivity contribution < 1.29 is 0 Å². The molecule has 8 heteroatoms. The number of para-hydroxylation sites is 2. The summed E-state index contributed by atoms with van der Waals surface area (Å²) in [6.45, 7) is 3.11. The van der Waals surface area contributed by atoms with E-state index in [1.54, 1.807) is 0 Å². The molecule has 2 aromatic heterocycles. The fourth-order valence-corrected chi connectivity index (χ4v) is 4.26. The number of imidazole rings is 1. The number of hydrogen-bond acceptors (Lipinski definition) is 7. The van der Waals surface area contributed by atoms with Crippen LogP contribution in [0.5, 0.6) is 0 Å². The van der Waals surface area contributed by atoms with E-state index >= 15 is 0 Å². The summed E-state index contributed by atoms with van der Waals surface area (Å²) in [6.07, 6.45) is 2.12. The van der Waals surface area contributed by atoms with Gasteiger partial charge in [0.1, 0.15) is 11.6 Å². The van der Waals surface area contributed by atoms with Crippen molar-refractivity contribution in [2.45, 2.75) is 25.4 Å². The monoisotopic (exact) mass is 428 g/mol. The highest BCUT2D eigenvalue weighted by atomic mass is 15.2. The molecule has 0 aliphatic carbocycles. The van der Waals surface area contributed by atoms with Crippen LogP contribution in [0.15, 0.2) is 60.7 Å². The Bertz CT molecular complexity index is 1200. The van der Waals surface area contributed by atoms with Crippen molar-refractivity contribution in [2.24, 2.45) is 7.05 Å². The van der Waals surface area contributed by atoms with Crippen LogP contribution in [0.1, 0.15) is 18.4 Å². The number of likely N-dealkylation sites (tertiary alicyclic amines) is 1. The number of aryl methyl sites for hydroxylation is 1. The van der Waals surface area contributed by atoms with Gasteiger partial charge in [-0.1, -0.05) is 42.5 Å². The predicted octanol–water partition coefficient (Wildman–Crippen LogP) is 3.77. The molecule has 164 valence electrons. The van der Waals surface area contributed by atoms with Crippen molar-refractivity contribution >= 4 is 34.6 Å². The summed E-state index contributed by atoms with van der Waals surface area (Å²) in [6, 6.07) is 20.9. The van der Waals surface area contributed by atoms with E-state index in [1.165, 1.54) is 5.56 Å². The Hall–Kier alpha value is -3.65. The van der Waals surface area contributed by atoms with Gasteiger partial charge in [0.2, 0.25) is 11.9 Å². The van der Waals surface area contributed by atoms with Gasteiger partial charge in [-0.15, -0.1) is 0 Å². The van der Waals surface area contributed by atoms with Gasteiger partial charge in [-0.25, -0.2) is 4.98 Å². The molecular weight excluding hydrogens is 400 g/mol. The van der Waals surface area contributed by atoms with Gasteiger partial charge in [0, 0.05) is 38.8 Å². The highest BCUT2D eigenvalue weighted by Gasteiger charge is 2.20. The summed E-state index contributed by atoms with van der Waals surface area (Å²) >= 11 is 0. The molecule has 4 N–H and O–H groups in total. The molecule has 0 saturated carbocycles. The minimum atomic E-state index is 0.234. The minimum Gasteiger partial charge on any atom is -0.368 e.